The summed E-state index contributed by atoms with van der Waals surface area (Å²) < 4.78 is 0.888. The van der Waals surface area contributed by atoms with Gasteiger partial charge in [-0.25, -0.2) is 0 Å². The maximum absolute atomic E-state index is 12.4. The topological polar surface area (TPSA) is 49.4 Å². The summed E-state index contributed by atoms with van der Waals surface area (Å²) >= 11 is 3.47. The van der Waals surface area contributed by atoms with Crippen molar-refractivity contribution in [1.29, 1.82) is 0 Å². The molecule has 0 spiro atoms. The lowest BCUT2D eigenvalue weighted by molar-refractivity contribution is -0.131. The zero-order chi connectivity index (χ0) is 16.4. The van der Waals surface area contributed by atoms with E-state index >= 15 is 0 Å². The maximum atomic E-state index is 12.4. The van der Waals surface area contributed by atoms with E-state index in [0.717, 1.165) is 15.6 Å². The fourth-order valence-corrected chi connectivity index (χ4v) is 3.17. The molecular formula is C18H15BrN2O2. The first-order chi connectivity index (χ1) is 11.1. The van der Waals surface area contributed by atoms with E-state index in [1.807, 2.05) is 48.5 Å². The molecule has 1 aliphatic heterocycles. The van der Waals surface area contributed by atoms with Crippen LogP contribution in [0.5, 0.6) is 0 Å². The lowest BCUT2D eigenvalue weighted by atomic mass is 9.96. The van der Waals surface area contributed by atoms with Crippen molar-refractivity contribution in [2.24, 2.45) is 0 Å². The van der Waals surface area contributed by atoms with E-state index in [-0.39, 0.29) is 24.4 Å². The van der Waals surface area contributed by atoms with E-state index in [2.05, 4.69) is 27.8 Å². The van der Waals surface area contributed by atoms with Crippen molar-refractivity contribution in [3.8, 4) is 0 Å². The number of fused-ring (bicyclic) bond motifs is 1. The highest BCUT2D eigenvalue weighted by molar-refractivity contribution is 9.10. The van der Waals surface area contributed by atoms with E-state index < -0.39 is 0 Å². The Morgan fingerprint density at radius 3 is 2.70 bits per heavy atom. The molecule has 2 aromatic rings. The summed E-state index contributed by atoms with van der Waals surface area (Å²) in [5.41, 5.74) is 2.52. The molecule has 1 atom stereocenters. The standard InChI is InChI=1S/C18H15BrN2O2/c1-2-17(23)21-11-16(22)20-15-9-8-13(19)10-14(15)18(21)12-6-4-3-5-7-12/h2-10,18H,1,11H2,(H,20,22). The normalized spacial score (nSPS) is 17.0. The second-order valence-electron chi connectivity index (χ2n) is 5.26. The van der Waals surface area contributed by atoms with Crippen LogP contribution in [0.25, 0.3) is 0 Å². The Balaban J connectivity index is 2.23. The molecule has 5 heteroatoms. The highest BCUT2D eigenvalue weighted by Crippen LogP contribution is 2.37. The highest BCUT2D eigenvalue weighted by atomic mass is 79.9. The number of carbonyl (C=O) groups is 2. The van der Waals surface area contributed by atoms with E-state index in [1.54, 1.807) is 0 Å². The number of hydrogen-bond acceptors (Lipinski definition) is 2. The van der Waals surface area contributed by atoms with Crippen LogP contribution in [0.15, 0.2) is 65.7 Å². The molecule has 0 saturated heterocycles. The molecule has 0 saturated carbocycles. The smallest absolute Gasteiger partial charge is 0.247 e. The number of nitrogens with zero attached hydrogens (tertiary/aromatic N) is 1. The number of nitrogens with one attached hydrogen (secondary N) is 1. The number of hydrogen-bond donors (Lipinski definition) is 1. The van der Waals surface area contributed by atoms with Gasteiger partial charge in [-0.1, -0.05) is 52.8 Å². The van der Waals surface area contributed by atoms with Crippen LogP contribution < -0.4 is 5.32 Å². The van der Waals surface area contributed by atoms with Gasteiger partial charge in [-0.15, -0.1) is 0 Å². The Labute approximate surface area is 142 Å². The predicted octanol–water partition coefficient (Wildman–Crippen LogP) is 3.51. The van der Waals surface area contributed by atoms with Gasteiger partial charge in [0.2, 0.25) is 11.8 Å². The van der Waals surface area contributed by atoms with Gasteiger partial charge in [0.15, 0.2) is 0 Å². The monoisotopic (exact) mass is 370 g/mol. The van der Waals surface area contributed by atoms with Gasteiger partial charge in [0.25, 0.3) is 0 Å². The molecule has 0 radical (unpaired) electrons. The summed E-state index contributed by atoms with van der Waals surface area (Å²) in [6.45, 7) is 3.54. The molecule has 0 aliphatic carbocycles. The summed E-state index contributed by atoms with van der Waals surface area (Å²) in [6.07, 6.45) is 1.24. The van der Waals surface area contributed by atoms with Crippen molar-refractivity contribution in [1.82, 2.24) is 4.90 Å². The van der Waals surface area contributed by atoms with Gasteiger partial charge < -0.3 is 10.2 Å². The van der Waals surface area contributed by atoms with Crippen molar-refractivity contribution >= 4 is 33.4 Å². The summed E-state index contributed by atoms with van der Waals surface area (Å²) in [5, 5.41) is 2.87. The quantitative estimate of drug-likeness (QED) is 0.822. The Morgan fingerprint density at radius 2 is 2.00 bits per heavy atom. The van der Waals surface area contributed by atoms with E-state index in [9.17, 15) is 9.59 Å². The zero-order valence-electron chi connectivity index (χ0n) is 12.3. The first-order valence-electron chi connectivity index (χ1n) is 7.17. The summed E-state index contributed by atoms with van der Waals surface area (Å²) in [4.78, 5) is 26.1. The third-order valence-corrected chi connectivity index (χ3v) is 4.27. The summed E-state index contributed by atoms with van der Waals surface area (Å²) in [7, 11) is 0. The molecular weight excluding hydrogens is 356 g/mol. The number of anilines is 1. The van der Waals surface area contributed by atoms with Crippen LogP contribution in [0, 0.1) is 0 Å². The first-order valence-corrected chi connectivity index (χ1v) is 7.96. The molecule has 0 fully saturated rings. The van der Waals surface area contributed by atoms with Crippen LogP contribution in [0.4, 0.5) is 5.69 Å². The van der Waals surface area contributed by atoms with Crippen LogP contribution in [0.2, 0.25) is 0 Å². The molecule has 4 nitrogen and oxygen atoms in total. The largest absolute Gasteiger partial charge is 0.324 e. The Bertz CT molecular complexity index is 774. The fraction of sp³-hybridized carbons (Fsp3) is 0.111. The molecule has 1 N–H and O–H groups in total. The lowest BCUT2D eigenvalue weighted by Gasteiger charge is -2.29. The lowest BCUT2D eigenvalue weighted by Crippen LogP contribution is -2.37. The Hall–Kier alpha value is -2.40. The molecule has 0 aromatic heterocycles. The maximum Gasteiger partial charge on any atom is 0.247 e. The van der Waals surface area contributed by atoms with Crippen LogP contribution in [-0.4, -0.2) is 23.3 Å². The van der Waals surface area contributed by atoms with Gasteiger partial charge in [-0.2, -0.15) is 0 Å². The second kappa shape index (κ2) is 6.38. The average Bonchev–Trinajstić information content (AvgIpc) is 2.70. The molecule has 1 aliphatic rings. The Kier molecular flexibility index (Phi) is 4.30. The minimum Gasteiger partial charge on any atom is -0.324 e. The minimum atomic E-state index is -0.354. The van der Waals surface area contributed by atoms with E-state index in [4.69, 9.17) is 0 Å². The second-order valence-corrected chi connectivity index (χ2v) is 6.18. The van der Waals surface area contributed by atoms with Crippen LogP contribution >= 0.6 is 15.9 Å². The number of carbonyl (C=O) groups excluding carboxylic acids is 2. The average molecular weight is 371 g/mol. The van der Waals surface area contributed by atoms with Crippen LogP contribution in [0.1, 0.15) is 17.2 Å². The van der Waals surface area contributed by atoms with Crippen molar-refractivity contribution in [2.45, 2.75) is 6.04 Å². The first kappa shape index (κ1) is 15.5. The number of halogens is 1. The zero-order valence-corrected chi connectivity index (χ0v) is 13.9. The molecule has 116 valence electrons. The van der Waals surface area contributed by atoms with E-state index in [1.165, 1.54) is 11.0 Å². The SMILES string of the molecule is C=CC(=O)N1CC(=O)Nc2ccc(Br)cc2C1c1ccccc1. The minimum absolute atomic E-state index is 0.0171. The van der Waals surface area contributed by atoms with Crippen LogP contribution in [-0.2, 0) is 9.59 Å². The summed E-state index contributed by atoms with van der Waals surface area (Å²) in [6, 6.07) is 15.0. The van der Waals surface area contributed by atoms with E-state index in [0.29, 0.717) is 5.69 Å². The highest BCUT2D eigenvalue weighted by Gasteiger charge is 2.32. The predicted molar refractivity (Wildman–Crippen MR) is 93.0 cm³/mol. The number of rotatable bonds is 2. The van der Waals surface area contributed by atoms with Crippen molar-refractivity contribution in [2.75, 3.05) is 11.9 Å². The van der Waals surface area contributed by atoms with Crippen LogP contribution in [0.3, 0.4) is 0 Å². The summed E-state index contributed by atoms with van der Waals surface area (Å²) in [5.74, 6) is -0.496. The number of amides is 2. The van der Waals surface area contributed by atoms with Crippen molar-refractivity contribution in [3.05, 3.63) is 76.8 Å². The Morgan fingerprint density at radius 1 is 1.26 bits per heavy atom. The molecule has 3 rings (SSSR count). The van der Waals surface area contributed by atoms with Gasteiger partial charge in [0.05, 0.1) is 6.04 Å². The van der Waals surface area contributed by atoms with Crippen molar-refractivity contribution in [3.63, 3.8) is 0 Å². The fourth-order valence-electron chi connectivity index (χ4n) is 2.79. The van der Waals surface area contributed by atoms with Gasteiger partial charge in [-0.05, 0) is 29.8 Å². The third kappa shape index (κ3) is 3.05. The molecule has 2 amide bonds. The molecule has 23 heavy (non-hydrogen) atoms. The number of benzene rings is 2. The molecule has 0 bridgehead atoms. The third-order valence-electron chi connectivity index (χ3n) is 3.78. The molecule has 2 aromatic carbocycles. The van der Waals surface area contributed by atoms with Gasteiger partial charge in [0, 0.05) is 15.7 Å². The molecule has 1 heterocycles. The van der Waals surface area contributed by atoms with Gasteiger partial charge in [-0.3, -0.25) is 9.59 Å². The molecule has 1 unspecified atom stereocenters. The van der Waals surface area contributed by atoms with Crippen molar-refractivity contribution < 1.29 is 9.59 Å². The van der Waals surface area contributed by atoms with Gasteiger partial charge in [0.1, 0.15) is 6.54 Å². The van der Waals surface area contributed by atoms with Gasteiger partial charge >= 0.3 is 0 Å².